The molecule has 0 bridgehead atoms. The van der Waals surface area contributed by atoms with Crippen LogP contribution in [0.1, 0.15) is 11.3 Å². The zero-order valence-corrected chi connectivity index (χ0v) is 14.2. The fraction of sp³-hybridized carbons (Fsp3) is 0.100. The minimum absolute atomic E-state index is 0.389. The first-order valence-corrected chi connectivity index (χ1v) is 8.26. The number of aliphatic hydroxyl groups is 1. The molecule has 0 amide bonds. The first-order chi connectivity index (χ1) is 13.3. The number of aromatic nitrogens is 3. The SMILES string of the molecule is OC(c1ccc2c(cnn2-c2ccccc2)c1)(c1cccc(F)n1)C(F)(F)F. The Hall–Kier alpha value is -3.26. The van der Waals surface area contributed by atoms with Crippen molar-refractivity contribution in [2.24, 2.45) is 0 Å². The Labute approximate surface area is 156 Å². The van der Waals surface area contributed by atoms with Gasteiger partial charge in [-0.15, -0.1) is 0 Å². The average Bonchev–Trinajstić information content (AvgIpc) is 3.10. The van der Waals surface area contributed by atoms with Crippen molar-refractivity contribution in [3.05, 3.63) is 90.1 Å². The van der Waals surface area contributed by atoms with Crippen molar-refractivity contribution in [2.75, 3.05) is 0 Å². The summed E-state index contributed by atoms with van der Waals surface area (Å²) in [7, 11) is 0. The first kappa shape index (κ1) is 18.1. The number of hydrogen-bond acceptors (Lipinski definition) is 3. The molecule has 0 fully saturated rings. The lowest BCUT2D eigenvalue weighted by atomic mass is 9.88. The van der Waals surface area contributed by atoms with E-state index in [4.69, 9.17) is 0 Å². The molecule has 2 aromatic carbocycles. The number of benzene rings is 2. The van der Waals surface area contributed by atoms with E-state index < -0.39 is 29.0 Å². The van der Waals surface area contributed by atoms with E-state index in [-0.39, 0.29) is 0 Å². The molecule has 0 aliphatic heterocycles. The number of nitrogens with zero attached hydrogens (tertiary/aromatic N) is 3. The summed E-state index contributed by atoms with van der Waals surface area (Å²) in [6.45, 7) is 0. The van der Waals surface area contributed by atoms with E-state index >= 15 is 0 Å². The van der Waals surface area contributed by atoms with E-state index in [1.807, 2.05) is 30.3 Å². The van der Waals surface area contributed by atoms with Crippen molar-refractivity contribution in [1.29, 1.82) is 0 Å². The lowest BCUT2D eigenvalue weighted by molar-refractivity contribution is -0.249. The van der Waals surface area contributed by atoms with Gasteiger partial charge in [0.15, 0.2) is 0 Å². The zero-order valence-electron chi connectivity index (χ0n) is 14.2. The van der Waals surface area contributed by atoms with Crippen molar-refractivity contribution in [3.8, 4) is 5.69 Å². The number of rotatable bonds is 3. The minimum atomic E-state index is -5.11. The van der Waals surface area contributed by atoms with E-state index in [9.17, 15) is 22.7 Å². The number of fused-ring (bicyclic) bond motifs is 1. The topological polar surface area (TPSA) is 50.9 Å². The molecule has 4 rings (SSSR count). The quantitative estimate of drug-likeness (QED) is 0.420. The molecule has 142 valence electrons. The maximum Gasteiger partial charge on any atom is 0.427 e. The Balaban J connectivity index is 1.89. The molecule has 8 heteroatoms. The van der Waals surface area contributed by atoms with Crippen molar-refractivity contribution in [1.82, 2.24) is 14.8 Å². The molecule has 1 atom stereocenters. The van der Waals surface area contributed by atoms with Crippen molar-refractivity contribution < 1.29 is 22.7 Å². The Morgan fingerprint density at radius 3 is 2.32 bits per heavy atom. The summed E-state index contributed by atoms with van der Waals surface area (Å²) in [5, 5.41) is 15.2. The second kappa shape index (κ2) is 6.42. The van der Waals surface area contributed by atoms with Crippen LogP contribution in [0.2, 0.25) is 0 Å². The third-order valence-electron chi connectivity index (χ3n) is 4.48. The minimum Gasteiger partial charge on any atom is -0.371 e. The normalized spacial score (nSPS) is 14.2. The molecular weight excluding hydrogens is 374 g/mol. The van der Waals surface area contributed by atoms with Gasteiger partial charge in [0.1, 0.15) is 0 Å². The highest BCUT2D eigenvalue weighted by Crippen LogP contribution is 2.44. The largest absolute Gasteiger partial charge is 0.427 e. The van der Waals surface area contributed by atoms with Gasteiger partial charge >= 0.3 is 6.18 Å². The van der Waals surface area contributed by atoms with Crippen LogP contribution >= 0.6 is 0 Å². The lowest BCUT2D eigenvalue weighted by Gasteiger charge is -2.30. The van der Waals surface area contributed by atoms with E-state index in [0.29, 0.717) is 10.9 Å². The standard InChI is InChI=1S/C20H13F4N3O/c21-18-8-4-7-17(26-18)19(28,20(22,23)24)14-9-10-16-13(11-14)12-25-27(16)15-5-2-1-3-6-15/h1-12,28H. The van der Waals surface area contributed by atoms with Gasteiger partial charge in [-0.1, -0.05) is 30.3 Å². The molecule has 4 aromatic rings. The van der Waals surface area contributed by atoms with Gasteiger partial charge in [-0.2, -0.15) is 22.7 Å². The second-order valence-electron chi connectivity index (χ2n) is 6.22. The number of pyridine rings is 1. The Kier molecular flexibility index (Phi) is 4.15. The van der Waals surface area contributed by atoms with Gasteiger partial charge in [0.05, 0.1) is 23.1 Å². The number of halogens is 4. The molecule has 2 heterocycles. The number of hydrogen-bond donors (Lipinski definition) is 1. The summed E-state index contributed by atoms with van der Waals surface area (Å²) < 4.78 is 56.6. The summed E-state index contributed by atoms with van der Waals surface area (Å²) in [4.78, 5) is 3.26. The van der Waals surface area contributed by atoms with Gasteiger partial charge in [-0.25, -0.2) is 9.67 Å². The monoisotopic (exact) mass is 387 g/mol. The van der Waals surface area contributed by atoms with E-state index in [2.05, 4.69) is 10.1 Å². The molecule has 0 radical (unpaired) electrons. The fourth-order valence-electron chi connectivity index (χ4n) is 3.10. The van der Waals surface area contributed by atoms with Crippen LogP contribution in [-0.2, 0) is 5.60 Å². The zero-order chi connectivity index (χ0) is 19.9. The van der Waals surface area contributed by atoms with Crippen LogP contribution in [0.15, 0.2) is 72.9 Å². The van der Waals surface area contributed by atoms with Crippen LogP contribution in [0, 0.1) is 5.95 Å². The Bertz CT molecular complexity index is 1140. The maximum absolute atomic E-state index is 13.8. The lowest BCUT2D eigenvalue weighted by Crippen LogP contribution is -2.44. The van der Waals surface area contributed by atoms with Crippen molar-refractivity contribution in [3.63, 3.8) is 0 Å². The third kappa shape index (κ3) is 2.82. The Morgan fingerprint density at radius 2 is 1.64 bits per heavy atom. The molecular formula is C20H13F4N3O. The molecule has 0 spiro atoms. The summed E-state index contributed by atoms with van der Waals surface area (Å²) in [5.74, 6) is -1.11. The molecule has 1 N–H and O–H groups in total. The highest BCUT2D eigenvalue weighted by molar-refractivity contribution is 5.81. The number of alkyl halides is 3. The summed E-state index contributed by atoms with van der Waals surface area (Å²) in [6, 6.07) is 15.8. The fourth-order valence-corrected chi connectivity index (χ4v) is 3.10. The van der Waals surface area contributed by atoms with Gasteiger partial charge in [0.25, 0.3) is 0 Å². The van der Waals surface area contributed by atoms with Crippen LogP contribution in [0.3, 0.4) is 0 Å². The highest BCUT2D eigenvalue weighted by Gasteiger charge is 2.57. The maximum atomic E-state index is 13.8. The summed E-state index contributed by atoms with van der Waals surface area (Å²) in [6.07, 6.45) is -3.71. The van der Waals surface area contributed by atoms with E-state index in [1.54, 1.807) is 4.68 Å². The Morgan fingerprint density at radius 1 is 0.893 bits per heavy atom. The van der Waals surface area contributed by atoms with Crippen LogP contribution < -0.4 is 0 Å². The van der Waals surface area contributed by atoms with Crippen LogP contribution in [-0.4, -0.2) is 26.0 Å². The molecule has 28 heavy (non-hydrogen) atoms. The molecule has 4 nitrogen and oxygen atoms in total. The smallest absolute Gasteiger partial charge is 0.371 e. The van der Waals surface area contributed by atoms with Gasteiger partial charge in [-0.05, 0) is 42.0 Å². The van der Waals surface area contributed by atoms with Crippen molar-refractivity contribution in [2.45, 2.75) is 11.8 Å². The van der Waals surface area contributed by atoms with Gasteiger partial charge in [0.2, 0.25) is 11.5 Å². The average molecular weight is 387 g/mol. The molecule has 0 aliphatic rings. The molecule has 0 saturated heterocycles. The van der Waals surface area contributed by atoms with Crippen LogP contribution in [0.4, 0.5) is 17.6 Å². The predicted molar refractivity (Wildman–Crippen MR) is 94.3 cm³/mol. The summed E-state index contributed by atoms with van der Waals surface area (Å²) >= 11 is 0. The summed E-state index contributed by atoms with van der Waals surface area (Å²) in [5.41, 5.74) is -3.47. The van der Waals surface area contributed by atoms with Gasteiger partial charge < -0.3 is 5.11 Å². The van der Waals surface area contributed by atoms with E-state index in [1.165, 1.54) is 18.3 Å². The molecule has 2 aromatic heterocycles. The number of para-hydroxylation sites is 1. The van der Waals surface area contributed by atoms with Crippen molar-refractivity contribution >= 4 is 10.9 Å². The highest BCUT2D eigenvalue weighted by atomic mass is 19.4. The molecule has 0 aliphatic carbocycles. The van der Waals surface area contributed by atoms with Gasteiger partial charge in [0, 0.05) is 5.39 Å². The van der Waals surface area contributed by atoms with E-state index in [0.717, 1.165) is 30.0 Å². The third-order valence-corrected chi connectivity index (χ3v) is 4.48. The van der Waals surface area contributed by atoms with Gasteiger partial charge in [-0.3, -0.25) is 0 Å². The predicted octanol–water partition coefficient (Wildman–Crippen LogP) is 4.36. The molecule has 0 saturated carbocycles. The van der Waals surface area contributed by atoms with Crippen LogP contribution in [0.5, 0.6) is 0 Å². The second-order valence-corrected chi connectivity index (χ2v) is 6.22. The first-order valence-electron chi connectivity index (χ1n) is 8.26. The molecule has 1 unspecified atom stereocenters. The van der Waals surface area contributed by atoms with Crippen LogP contribution in [0.25, 0.3) is 16.6 Å².